The van der Waals surface area contributed by atoms with Gasteiger partial charge in [0, 0.05) is 61.5 Å². The molecule has 370 valence electrons. The van der Waals surface area contributed by atoms with Crippen LogP contribution in [0.25, 0.3) is 16.6 Å². The van der Waals surface area contributed by atoms with Gasteiger partial charge in [-0.05, 0) is 72.2 Å². The van der Waals surface area contributed by atoms with Gasteiger partial charge in [-0.3, -0.25) is 19.8 Å². The number of primary amides is 1. The second-order valence-electron chi connectivity index (χ2n) is 19.0. The summed E-state index contributed by atoms with van der Waals surface area (Å²) in [7, 11) is -5.08. The summed E-state index contributed by atoms with van der Waals surface area (Å²) < 4.78 is 99.1. The summed E-state index contributed by atoms with van der Waals surface area (Å²) in [6.45, 7) is 6.37. The Hall–Kier alpha value is -6.13. The number of nitrogens with zero attached hydrogens (tertiary/aromatic N) is 5. The number of amides is 1. The van der Waals surface area contributed by atoms with Crippen LogP contribution in [0.15, 0.2) is 82.2 Å². The number of alkyl halides is 3. The zero-order valence-corrected chi connectivity index (χ0v) is 39.8. The molecule has 0 unspecified atom stereocenters. The molecular formula is C48H50ClF3N8O9S. The Bertz CT molecular complexity index is 3030. The number of rotatable bonds is 10. The predicted molar refractivity (Wildman–Crippen MR) is 255 cm³/mol. The summed E-state index contributed by atoms with van der Waals surface area (Å²) >= 11 is 6.27. The fraction of sp³-hybridized carbons (Fsp3) is 0.417. The van der Waals surface area contributed by atoms with E-state index in [0.29, 0.717) is 43.3 Å². The first-order valence-electron chi connectivity index (χ1n) is 22.9. The van der Waals surface area contributed by atoms with Crippen molar-refractivity contribution in [2.45, 2.75) is 67.3 Å². The average molecular weight is 1010 g/mol. The number of piperazine rings is 1. The van der Waals surface area contributed by atoms with Gasteiger partial charge in [0.1, 0.15) is 28.9 Å². The van der Waals surface area contributed by atoms with Gasteiger partial charge in [0.15, 0.2) is 11.4 Å². The maximum Gasteiger partial charge on any atom is 0.427 e. The molecule has 3 aromatic carbocycles. The largest absolute Gasteiger partial charge is 0.489 e. The van der Waals surface area contributed by atoms with Gasteiger partial charge in [-0.2, -0.15) is 18.2 Å². The molecule has 0 saturated carbocycles. The van der Waals surface area contributed by atoms with Crippen LogP contribution < -0.4 is 30.3 Å². The minimum Gasteiger partial charge on any atom is -0.489 e. The molecule has 1 amide bonds. The number of nitro groups is 1. The van der Waals surface area contributed by atoms with Crippen molar-refractivity contribution >= 4 is 72.4 Å². The molecule has 2 fully saturated rings. The highest BCUT2D eigenvalue weighted by Gasteiger charge is 2.49. The van der Waals surface area contributed by atoms with Crippen LogP contribution in [0.5, 0.6) is 11.6 Å². The molecular weight excluding hydrogens is 957 g/mol. The maximum absolute atomic E-state index is 15.8. The van der Waals surface area contributed by atoms with Crippen LogP contribution >= 0.6 is 11.6 Å². The standard InChI is InChI=1S/C48H50ClF3N8O9S/c1-47(2)11-9-29(33(22-47)27-3-5-30(49)6-4-27)23-57-13-15-58(16-14-57)35-8-7-32(44(53)61)42(59-24-40(48(50,51)52)69-46-37(59)19-28-10-12-54-45(28)56-46)43(35)70(64,65)31-20-36(60(62)63)41-38(21-31)68-25-34(55-41)39-26-66-17-18-67-39/h3-8,10,12,19-21,34,39-40,55H,9,11,13-18,22-26H2,1-2H3,(H2,53,61)(H,54,56)/t34-,39-,40-/m0/s1. The lowest BCUT2D eigenvalue weighted by Gasteiger charge is -2.41. The molecule has 4 N–H and O–H groups in total. The fourth-order valence-corrected chi connectivity index (χ4v) is 11.9. The predicted octanol–water partition coefficient (Wildman–Crippen LogP) is 7.89. The van der Waals surface area contributed by atoms with E-state index in [1.165, 1.54) is 35.5 Å². The topological polar surface area (TPSA) is 208 Å². The van der Waals surface area contributed by atoms with E-state index >= 15 is 8.42 Å². The smallest absolute Gasteiger partial charge is 0.427 e. The van der Waals surface area contributed by atoms with Gasteiger partial charge in [0.05, 0.1) is 59.2 Å². The number of ether oxygens (including phenoxy) is 4. The molecule has 2 saturated heterocycles. The SMILES string of the molecule is CC1(C)CCC(CN2CCN(c3ccc(C(N)=O)c(N4C[C@@H](C(F)(F)F)Oc5nc6[nH]ccc6cc54)c3S(=O)(=O)c3cc4c(c([N+](=O)[O-])c3)N[C@H]([C@@H]3COCCO3)CO4)CC2)=C(c2ccc(Cl)cc2)C1. The Morgan fingerprint density at radius 3 is 2.50 bits per heavy atom. The van der Waals surface area contributed by atoms with Crippen LogP contribution in [0.1, 0.15) is 49.0 Å². The minimum atomic E-state index is -5.08. The number of halogens is 4. The number of hydrogen-bond acceptors (Lipinski definition) is 14. The van der Waals surface area contributed by atoms with E-state index in [0.717, 1.165) is 41.9 Å². The highest BCUT2D eigenvalue weighted by Crippen LogP contribution is 2.51. The van der Waals surface area contributed by atoms with Crippen LogP contribution in [0.3, 0.4) is 0 Å². The first-order valence-corrected chi connectivity index (χ1v) is 24.8. The molecule has 5 aromatic rings. The fourth-order valence-electron chi connectivity index (χ4n) is 10.1. The minimum absolute atomic E-state index is 0.0429. The van der Waals surface area contributed by atoms with Crippen molar-refractivity contribution in [2.75, 3.05) is 80.8 Å². The van der Waals surface area contributed by atoms with Gasteiger partial charge >= 0.3 is 6.18 Å². The summed E-state index contributed by atoms with van der Waals surface area (Å²) in [5, 5.41) is 17.0. The molecule has 1 aliphatic carbocycles. The monoisotopic (exact) mass is 1010 g/mol. The van der Waals surface area contributed by atoms with Crippen molar-refractivity contribution in [1.29, 1.82) is 0 Å². The van der Waals surface area contributed by atoms with Crippen molar-refractivity contribution in [3.63, 3.8) is 0 Å². The third-order valence-electron chi connectivity index (χ3n) is 13.8. The molecule has 22 heteroatoms. The van der Waals surface area contributed by atoms with Crippen LogP contribution in [-0.2, 0) is 19.3 Å². The van der Waals surface area contributed by atoms with E-state index < -0.39 is 84.2 Å². The Balaban J connectivity index is 1.09. The molecule has 0 spiro atoms. The first-order chi connectivity index (χ1) is 33.3. The van der Waals surface area contributed by atoms with Gasteiger partial charge in [-0.1, -0.05) is 43.2 Å². The second kappa shape index (κ2) is 18.2. The zero-order chi connectivity index (χ0) is 49.3. The quantitative estimate of drug-likeness (QED) is 0.0899. The summed E-state index contributed by atoms with van der Waals surface area (Å²) in [5.41, 5.74) is 8.30. The second-order valence-corrected chi connectivity index (χ2v) is 21.3. The Morgan fingerprint density at radius 1 is 1.03 bits per heavy atom. The number of sulfone groups is 1. The number of pyridine rings is 1. The van der Waals surface area contributed by atoms with Crippen LogP contribution in [0.2, 0.25) is 5.02 Å². The summed E-state index contributed by atoms with van der Waals surface area (Å²) in [6, 6.07) is 15.1. The number of hydrogen-bond donors (Lipinski definition) is 3. The van der Waals surface area contributed by atoms with Gasteiger partial charge in [-0.15, -0.1) is 0 Å². The number of carbonyl (C=O) groups excluding carboxylic acids is 1. The van der Waals surface area contributed by atoms with Crippen molar-refractivity contribution in [1.82, 2.24) is 14.9 Å². The molecule has 17 nitrogen and oxygen atoms in total. The normalized spacial score (nSPS) is 21.9. The Morgan fingerprint density at radius 2 is 1.80 bits per heavy atom. The molecule has 0 radical (unpaired) electrons. The molecule has 0 bridgehead atoms. The number of fused-ring (bicyclic) bond motifs is 3. The number of anilines is 4. The third-order valence-corrected chi connectivity index (χ3v) is 15.8. The van der Waals surface area contributed by atoms with Gasteiger partial charge < -0.3 is 44.8 Å². The first kappa shape index (κ1) is 47.5. The summed E-state index contributed by atoms with van der Waals surface area (Å²) in [5.74, 6) is -1.78. The molecule has 6 heterocycles. The average Bonchev–Trinajstić information content (AvgIpc) is 3.80. The van der Waals surface area contributed by atoms with Gasteiger partial charge in [0.25, 0.3) is 11.6 Å². The highest BCUT2D eigenvalue weighted by molar-refractivity contribution is 7.91. The lowest BCUT2D eigenvalue weighted by atomic mass is 9.72. The summed E-state index contributed by atoms with van der Waals surface area (Å²) in [4.78, 5) is 36.8. The van der Waals surface area contributed by atoms with Crippen LogP contribution in [0.4, 0.5) is 41.6 Å². The van der Waals surface area contributed by atoms with Gasteiger partial charge in [-0.25, -0.2) is 8.42 Å². The lowest BCUT2D eigenvalue weighted by molar-refractivity contribution is -0.384. The molecule has 4 aliphatic heterocycles. The van der Waals surface area contributed by atoms with Crippen molar-refractivity contribution in [3.05, 3.63) is 98.7 Å². The number of allylic oxidation sites excluding steroid dienone is 1. The van der Waals surface area contributed by atoms with E-state index in [-0.39, 0.29) is 60.2 Å². The number of benzene rings is 3. The van der Waals surface area contributed by atoms with Gasteiger partial charge in [0.2, 0.25) is 21.8 Å². The number of nitrogens with two attached hydrogens (primary N) is 1. The van der Waals surface area contributed by atoms with Crippen LogP contribution in [-0.4, -0.2) is 124 Å². The third kappa shape index (κ3) is 9.08. The van der Waals surface area contributed by atoms with Crippen molar-refractivity contribution < 1.29 is 50.3 Å². The van der Waals surface area contributed by atoms with E-state index in [1.807, 2.05) is 24.3 Å². The van der Waals surface area contributed by atoms with E-state index in [4.69, 9.17) is 36.3 Å². The maximum atomic E-state index is 15.8. The van der Waals surface area contributed by atoms with Crippen molar-refractivity contribution in [2.24, 2.45) is 11.1 Å². The molecule has 5 aliphatic rings. The van der Waals surface area contributed by atoms with Crippen LogP contribution in [0, 0.1) is 15.5 Å². The zero-order valence-electron chi connectivity index (χ0n) is 38.2. The number of carbonyl (C=O) groups is 1. The van der Waals surface area contributed by atoms with E-state index in [1.54, 1.807) is 11.0 Å². The number of aromatic nitrogens is 2. The van der Waals surface area contributed by atoms with Crippen molar-refractivity contribution in [3.8, 4) is 11.6 Å². The number of H-pyrrole nitrogens is 1. The van der Waals surface area contributed by atoms with E-state index in [2.05, 4.69) is 34.0 Å². The molecule has 10 rings (SSSR count). The molecule has 2 aromatic heterocycles. The lowest BCUT2D eigenvalue weighted by Crippen LogP contribution is -2.48. The molecule has 70 heavy (non-hydrogen) atoms. The number of aromatic amines is 1. The Kier molecular flexibility index (Phi) is 12.4. The molecule has 3 atom stereocenters. The highest BCUT2D eigenvalue weighted by atomic mass is 35.5. The van der Waals surface area contributed by atoms with E-state index in [9.17, 15) is 28.1 Å². The summed E-state index contributed by atoms with van der Waals surface area (Å²) in [6.07, 6.45) is -3.79. The number of nitro benzene ring substituents is 1. The number of nitrogens with one attached hydrogen (secondary N) is 2. The Labute approximate surface area is 405 Å².